The van der Waals surface area contributed by atoms with Gasteiger partial charge in [-0.25, -0.2) is 0 Å². The number of hydrogen-bond acceptors (Lipinski definition) is 4. The number of carbonyl (C=O) groups is 2. The lowest BCUT2D eigenvalue weighted by atomic mass is 9.96. The number of Topliss-reactive ketones (excluding diaryl/α,β-unsaturated/α-hetero) is 1. The van der Waals surface area contributed by atoms with Gasteiger partial charge >= 0.3 is 0 Å². The van der Waals surface area contributed by atoms with E-state index in [1.165, 1.54) is 6.42 Å². The summed E-state index contributed by atoms with van der Waals surface area (Å²) in [4.78, 5) is 36.8. The number of likely N-dealkylation sites (tertiary alicyclic amines) is 1. The summed E-state index contributed by atoms with van der Waals surface area (Å²) in [6.45, 7) is 6.73. The second-order valence-corrected chi connectivity index (χ2v) is 10.9. The predicted molar refractivity (Wildman–Crippen MR) is 153 cm³/mol. The van der Waals surface area contributed by atoms with E-state index in [9.17, 15) is 9.59 Å². The van der Waals surface area contributed by atoms with Crippen LogP contribution in [0, 0.1) is 6.92 Å². The fraction of sp³-hybridized carbons (Fsp3) is 0.406. The zero-order chi connectivity index (χ0) is 26.6. The van der Waals surface area contributed by atoms with Crippen LogP contribution >= 0.6 is 0 Å². The molecule has 1 aliphatic heterocycles. The largest absolute Gasteiger partial charge is 0.361 e. The van der Waals surface area contributed by atoms with Crippen LogP contribution in [-0.2, 0) is 22.4 Å². The van der Waals surface area contributed by atoms with Crippen molar-refractivity contribution in [3.8, 4) is 0 Å². The first-order valence-electron chi connectivity index (χ1n) is 13.9. The molecule has 3 atom stereocenters. The van der Waals surface area contributed by atoms with Crippen LogP contribution in [0.4, 0.5) is 0 Å². The predicted octanol–water partition coefficient (Wildman–Crippen LogP) is 5.52. The second kappa shape index (κ2) is 11.5. The Labute approximate surface area is 224 Å². The summed E-state index contributed by atoms with van der Waals surface area (Å²) >= 11 is 0. The number of nitrogens with one attached hydrogen (secondary N) is 2. The average Bonchev–Trinajstić information content (AvgIpc) is 3.32. The number of carbonyl (C=O) groups excluding carboxylic acids is 2. The van der Waals surface area contributed by atoms with Crippen molar-refractivity contribution < 1.29 is 9.59 Å². The van der Waals surface area contributed by atoms with Gasteiger partial charge in [0, 0.05) is 59.3 Å². The molecule has 2 aromatic carbocycles. The van der Waals surface area contributed by atoms with E-state index in [-0.39, 0.29) is 11.7 Å². The maximum atomic E-state index is 13.6. The number of rotatable bonds is 9. The molecule has 4 aromatic rings. The van der Waals surface area contributed by atoms with Gasteiger partial charge in [-0.15, -0.1) is 0 Å². The summed E-state index contributed by atoms with van der Waals surface area (Å²) in [5.74, 6) is -0.00755. The molecule has 1 fully saturated rings. The van der Waals surface area contributed by atoms with E-state index < -0.39 is 6.04 Å². The maximum absolute atomic E-state index is 13.6. The molecule has 2 N–H and O–H groups in total. The van der Waals surface area contributed by atoms with Crippen LogP contribution in [0.2, 0.25) is 0 Å². The number of aryl methyl sites for hydroxylation is 2. The Balaban J connectivity index is 1.31. The van der Waals surface area contributed by atoms with E-state index in [1.54, 1.807) is 0 Å². The first kappa shape index (κ1) is 26.1. The fourth-order valence-electron chi connectivity index (χ4n) is 5.93. The molecule has 2 aromatic heterocycles. The number of hydrogen-bond donors (Lipinski definition) is 2. The minimum Gasteiger partial charge on any atom is -0.361 e. The van der Waals surface area contributed by atoms with Gasteiger partial charge in [-0.05, 0) is 68.7 Å². The Morgan fingerprint density at radius 2 is 1.87 bits per heavy atom. The molecule has 1 amide bonds. The number of nitrogens with zero attached hydrogens (tertiary/aromatic N) is 2. The Morgan fingerprint density at radius 1 is 1.08 bits per heavy atom. The number of H-pyrrole nitrogens is 1. The summed E-state index contributed by atoms with van der Waals surface area (Å²) in [6.07, 6.45) is 8.69. The van der Waals surface area contributed by atoms with Crippen molar-refractivity contribution in [2.45, 2.75) is 77.4 Å². The van der Waals surface area contributed by atoms with Crippen molar-refractivity contribution >= 4 is 33.4 Å². The molecule has 0 saturated carbocycles. The summed E-state index contributed by atoms with van der Waals surface area (Å²) < 4.78 is 0. The number of ketones is 1. The zero-order valence-electron chi connectivity index (χ0n) is 22.7. The van der Waals surface area contributed by atoms with E-state index in [2.05, 4.69) is 58.3 Å². The Hall–Kier alpha value is -3.51. The number of fused-ring (bicyclic) bond motifs is 2. The Bertz CT molecular complexity index is 1430. The maximum Gasteiger partial charge on any atom is 0.234 e. The minimum atomic E-state index is -0.566. The number of aromatic nitrogens is 2. The SMILES string of the molecule is Cc1nccc2cc(CCC(=O)[C@H](Cc3c[nH]c4ccccc34)NC(=O)CN3[C@H](C)CCC[C@@H]3C)ccc12. The van der Waals surface area contributed by atoms with Crippen LogP contribution in [0.25, 0.3) is 21.7 Å². The lowest BCUT2D eigenvalue weighted by Gasteiger charge is -2.38. The summed E-state index contributed by atoms with van der Waals surface area (Å²) in [6, 6.07) is 16.6. The number of piperidine rings is 1. The standard InChI is InChI=1S/C32H38N4O2/c1-21-7-6-8-22(2)36(21)20-32(38)35-30(18-26-19-34-29-10-5-4-9-28(26)29)31(37)14-12-24-11-13-27-23(3)33-16-15-25(27)17-24/h4-5,9-11,13,15-17,19,21-22,30,34H,6-8,12,14,18,20H2,1-3H3,(H,35,38)/t21-,22+,30-/m0/s1. The van der Waals surface area contributed by atoms with Gasteiger partial charge in [-0.2, -0.15) is 0 Å². The van der Waals surface area contributed by atoms with Crippen molar-refractivity contribution in [2.75, 3.05) is 6.54 Å². The van der Waals surface area contributed by atoms with Crippen LogP contribution in [0.15, 0.2) is 60.9 Å². The third-order valence-corrected chi connectivity index (χ3v) is 8.21. The molecule has 0 unspecified atom stereocenters. The summed E-state index contributed by atoms with van der Waals surface area (Å²) in [5.41, 5.74) is 4.21. The van der Waals surface area contributed by atoms with Crippen molar-refractivity contribution in [1.82, 2.24) is 20.2 Å². The Morgan fingerprint density at radius 3 is 2.68 bits per heavy atom. The summed E-state index contributed by atoms with van der Waals surface area (Å²) in [7, 11) is 0. The zero-order valence-corrected chi connectivity index (χ0v) is 22.7. The van der Waals surface area contributed by atoms with Crippen molar-refractivity contribution in [3.05, 3.63) is 77.7 Å². The molecule has 38 heavy (non-hydrogen) atoms. The van der Waals surface area contributed by atoms with Gasteiger partial charge in [0.15, 0.2) is 5.78 Å². The Kier molecular flexibility index (Phi) is 7.89. The van der Waals surface area contributed by atoms with Crippen LogP contribution in [0.5, 0.6) is 0 Å². The van der Waals surface area contributed by atoms with Crippen LogP contribution in [0.3, 0.4) is 0 Å². The van der Waals surface area contributed by atoms with E-state index in [1.807, 2.05) is 43.6 Å². The van der Waals surface area contributed by atoms with Gasteiger partial charge in [0.05, 0.1) is 12.6 Å². The highest BCUT2D eigenvalue weighted by molar-refractivity contribution is 5.91. The molecule has 6 nitrogen and oxygen atoms in total. The highest BCUT2D eigenvalue weighted by Crippen LogP contribution is 2.23. The topological polar surface area (TPSA) is 78.1 Å². The van der Waals surface area contributed by atoms with E-state index >= 15 is 0 Å². The van der Waals surface area contributed by atoms with Crippen LogP contribution in [-0.4, -0.2) is 51.2 Å². The number of aromatic amines is 1. The molecule has 198 valence electrons. The first-order valence-corrected chi connectivity index (χ1v) is 13.9. The minimum absolute atomic E-state index is 0.0642. The van der Waals surface area contributed by atoms with Crippen LogP contribution < -0.4 is 5.32 Å². The van der Waals surface area contributed by atoms with Gasteiger partial charge in [-0.3, -0.25) is 19.5 Å². The molecule has 0 spiro atoms. The fourth-order valence-corrected chi connectivity index (χ4v) is 5.93. The normalized spacial score (nSPS) is 19.0. The molecular formula is C32H38N4O2. The molecule has 1 aliphatic rings. The highest BCUT2D eigenvalue weighted by atomic mass is 16.2. The van der Waals surface area contributed by atoms with E-state index in [0.29, 0.717) is 37.9 Å². The molecule has 0 aliphatic carbocycles. The molecule has 3 heterocycles. The molecule has 5 rings (SSSR count). The van der Waals surface area contributed by atoms with Gasteiger partial charge < -0.3 is 10.3 Å². The van der Waals surface area contributed by atoms with Gasteiger partial charge in [0.2, 0.25) is 5.91 Å². The van der Waals surface area contributed by atoms with Gasteiger partial charge in [-0.1, -0.05) is 42.8 Å². The molecule has 0 bridgehead atoms. The molecular weight excluding hydrogens is 472 g/mol. The molecule has 1 saturated heterocycles. The first-order chi connectivity index (χ1) is 18.4. The van der Waals surface area contributed by atoms with E-state index in [4.69, 9.17) is 0 Å². The van der Waals surface area contributed by atoms with E-state index in [0.717, 1.165) is 51.3 Å². The number of pyridine rings is 1. The van der Waals surface area contributed by atoms with Crippen LogP contribution in [0.1, 0.15) is 56.4 Å². The third-order valence-electron chi connectivity index (χ3n) is 8.21. The number of para-hydroxylation sites is 1. The smallest absolute Gasteiger partial charge is 0.234 e. The van der Waals surface area contributed by atoms with Crippen molar-refractivity contribution in [3.63, 3.8) is 0 Å². The average molecular weight is 511 g/mol. The molecule has 0 radical (unpaired) electrons. The number of amides is 1. The lowest BCUT2D eigenvalue weighted by Crippen LogP contribution is -2.51. The highest BCUT2D eigenvalue weighted by Gasteiger charge is 2.28. The quantitative estimate of drug-likeness (QED) is 0.311. The monoisotopic (exact) mass is 510 g/mol. The number of benzene rings is 2. The van der Waals surface area contributed by atoms with Gasteiger partial charge in [0.1, 0.15) is 0 Å². The molecule has 6 heteroatoms. The van der Waals surface area contributed by atoms with Crippen molar-refractivity contribution in [2.24, 2.45) is 0 Å². The third kappa shape index (κ3) is 5.81. The second-order valence-electron chi connectivity index (χ2n) is 10.9. The summed E-state index contributed by atoms with van der Waals surface area (Å²) in [5, 5.41) is 6.49. The van der Waals surface area contributed by atoms with Gasteiger partial charge in [0.25, 0.3) is 0 Å². The van der Waals surface area contributed by atoms with Crippen molar-refractivity contribution in [1.29, 1.82) is 0 Å². The lowest BCUT2D eigenvalue weighted by molar-refractivity contribution is -0.129.